The van der Waals surface area contributed by atoms with E-state index in [-0.39, 0.29) is 18.4 Å². The monoisotopic (exact) mass is 473 g/mol. The van der Waals surface area contributed by atoms with E-state index in [1.54, 1.807) is 29.2 Å². The van der Waals surface area contributed by atoms with Gasteiger partial charge < -0.3 is 19.9 Å². The zero-order valence-electron chi connectivity index (χ0n) is 17.7. The molecule has 2 aromatic carbocycles. The van der Waals surface area contributed by atoms with Gasteiger partial charge in [-0.15, -0.1) is 11.8 Å². The van der Waals surface area contributed by atoms with E-state index in [2.05, 4.69) is 5.32 Å². The van der Waals surface area contributed by atoms with Gasteiger partial charge in [-0.25, -0.2) is 0 Å². The minimum atomic E-state index is -0.892. The fourth-order valence-electron chi connectivity index (χ4n) is 3.93. The molecule has 3 amide bonds. The molecule has 2 aliphatic heterocycles. The van der Waals surface area contributed by atoms with Crippen molar-refractivity contribution >= 4 is 52.5 Å². The molecule has 1 N–H and O–H groups in total. The first-order valence-electron chi connectivity index (χ1n) is 10.5. The Morgan fingerprint density at radius 3 is 2.66 bits per heavy atom. The van der Waals surface area contributed by atoms with Crippen LogP contribution in [0.3, 0.4) is 0 Å². The van der Waals surface area contributed by atoms with E-state index in [1.165, 1.54) is 23.8 Å². The molecule has 0 aliphatic carbocycles. The lowest BCUT2D eigenvalue weighted by Gasteiger charge is -2.36. The molecule has 1 fully saturated rings. The number of fused-ring (bicyclic) bond motifs is 1. The van der Waals surface area contributed by atoms with Crippen LogP contribution in [0.15, 0.2) is 47.4 Å². The molecule has 2 heterocycles. The molecule has 4 rings (SSSR count). The van der Waals surface area contributed by atoms with Crippen molar-refractivity contribution in [2.75, 3.05) is 37.0 Å². The van der Waals surface area contributed by atoms with Crippen molar-refractivity contribution in [2.24, 2.45) is 0 Å². The minimum absolute atomic E-state index is 0.184. The first-order chi connectivity index (χ1) is 15.5. The first-order valence-corrected chi connectivity index (χ1v) is 11.7. The Hall–Kier alpha value is -2.71. The largest absolute Gasteiger partial charge is 0.495 e. The van der Waals surface area contributed by atoms with Crippen LogP contribution >= 0.6 is 23.4 Å². The number of benzene rings is 2. The summed E-state index contributed by atoms with van der Waals surface area (Å²) in [6.07, 6.45) is 2.99. The van der Waals surface area contributed by atoms with Gasteiger partial charge in [0.05, 0.1) is 18.5 Å². The quantitative estimate of drug-likeness (QED) is 0.668. The third kappa shape index (κ3) is 4.71. The second kappa shape index (κ2) is 9.83. The van der Waals surface area contributed by atoms with Crippen molar-refractivity contribution in [1.29, 1.82) is 0 Å². The van der Waals surface area contributed by atoms with E-state index in [1.807, 2.05) is 18.2 Å². The number of rotatable bonds is 5. The van der Waals surface area contributed by atoms with Crippen molar-refractivity contribution in [3.05, 3.63) is 47.5 Å². The molecule has 1 atom stereocenters. The smallest absolute Gasteiger partial charge is 0.250 e. The minimum Gasteiger partial charge on any atom is -0.495 e. The fourth-order valence-corrected chi connectivity index (χ4v) is 5.29. The summed E-state index contributed by atoms with van der Waals surface area (Å²) >= 11 is 7.31. The zero-order valence-corrected chi connectivity index (χ0v) is 19.2. The molecule has 2 aromatic rings. The van der Waals surface area contributed by atoms with Crippen LogP contribution in [0.25, 0.3) is 0 Å². The molecular formula is C23H24ClN3O4S. The van der Waals surface area contributed by atoms with Crippen molar-refractivity contribution in [2.45, 2.75) is 29.4 Å². The number of ether oxygens (including phenoxy) is 1. The lowest BCUT2D eigenvalue weighted by molar-refractivity contribution is -0.135. The average Bonchev–Trinajstić information content (AvgIpc) is 2.81. The van der Waals surface area contributed by atoms with Gasteiger partial charge >= 0.3 is 0 Å². The number of halogens is 1. The molecule has 0 saturated carbocycles. The Balaban J connectivity index is 1.56. The highest BCUT2D eigenvalue weighted by Gasteiger charge is 2.41. The summed E-state index contributed by atoms with van der Waals surface area (Å²) in [5.41, 5.74) is 1.04. The predicted molar refractivity (Wildman–Crippen MR) is 126 cm³/mol. The number of carbonyl (C=O) groups is 3. The summed E-state index contributed by atoms with van der Waals surface area (Å²) in [4.78, 5) is 43.4. The summed E-state index contributed by atoms with van der Waals surface area (Å²) in [5, 5.41) is 2.32. The summed E-state index contributed by atoms with van der Waals surface area (Å²) in [6.45, 7) is 1.11. The maximum atomic E-state index is 13.4. The summed E-state index contributed by atoms with van der Waals surface area (Å²) in [7, 11) is 1.50. The summed E-state index contributed by atoms with van der Waals surface area (Å²) in [5.74, 6) is -0.514. The normalized spacial score (nSPS) is 18.2. The topological polar surface area (TPSA) is 79.0 Å². The molecule has 7 nitrogen and oxygen atoms in total. The lowest BCUT2D eigenvalue weighted by atomic mass is 10.1. The molecule has 0 unspecified atom stereocenters. The number of para-hydroxylation sites is 1. The molecule has 0 radical (unpaired) electrons. The SMILES string of the molecule is COc1ccc(Cl)cc1NC(=O)CN1C(=O)[C@H](C(=O)N2CCCCC2)Sc2ccccc21. The maximum Gasteiger partial charge on any atom is 0.250 e. The Bertz CT molecular complexity index is 1040. The second-order valence-electron chi connectivity index (χ2n) is 7.67. The number of hydrogen-bond donors (Lipinski definition) is 1. The van der Waals surface area contributed by atoms with Crippen LogP contribution in [0, 0.1) is 0 Å². The van der Waals surface area contributed by atoms with E-state index >= 15 is 0 Å². The molecule has 0 bridgehead atoms. The third-order valence-electron chi connectivity index (χ3n) is 5.52. The van der Waals surface area contributed by atoms with Crippen LogP contribution in [-0.2, 0) is 14.4 Å². The van der Waals surface area contributed by atoms with Gasteiger partial charge in [0.25, 0.3) is 5.91 Å². The Kier molecular flexibility index (Phi) is 6.91. The molecule has 9 heteroatoms. The number of thioether (sulfide) groups is 1. The van der Waals surface area contributed by atoms with Gasteiger partial charge in [-0.2, -0.15) is 0 Å². The van der Waals surface area contributed by atoms with Crippen molar-refractivity contribution < 1.29 is 19.1 Å². The van der Waals surface area contributed by atoms with Crippen molar-refractivity contribution in [3.63, 3.8) is 0 Å². The summed E-state index contributed by atoms with van der Waals surface area (Å²) < 4.78 is 5.28. The average molecular weight is 474 g/mol. The number of amides is 3. The van der Waals surface area contributed by atoms with Crippen LogP contribution in [-0.4, -0.2) is 54.6 Å². The van der Waals surface area contributed by atoms with Crippen LogP contribution in [0.1, 0.15) is 19.3 Å². The van der Waals surface area contributed by atoms with Gasteiger partial charge in [0.1, 0.15) is 12.3 Å². The van der Waals surface area contributed by atoms with Gasteiger partial charge in [0.2, 0.25) is 11.8 Å². The highest BCUT2D eigenvalue weighted by atomic mass is 35.5. The van der Waals surface area contributed by atoms with Crippen LogP contribution in [0.5, 0.6) is 5.75 Å². The van der Waals surface area contributed by atoms with Gasteiger partial charge in [0.15, 0.2) is 5.25 Å². The number of anilines is 2. The van der Waals surface area contributed by atoms with E-state index in [0.717, 1.165) is 24.2 Å². The maximum absolute atomic E-state index is 13.4. The first kappa shape index (κ1) is 22.5. The third-order valence-corrected chi connectivity index (χ3v) is 6.99. The van der Waals surface area contributed by atoms with Crippen LogP contribution in [0.2, 0.25) is 5.02 Å². The number of nitrogens with zero attached hydrogens (tertiary/aromatic N) is 2. The zero-order chi connectivity index (χ0) is 22.7. The van der Waals surface area contributed by atoms with E-state index in [0.29, 0.717) is 35.2 Å². The number of piperidine rings is 1. The van der Waals surface area contributed by atoms with Gasteiger partial charge in [-0.05, 0) is 49.6 Å². The van der Waals surface area contributed by atoms with Crippen molar-refractivity contribution in [1.82, 2.24) is 4.90 Å². The molecule has 1 saturated heterocycles. The Morgan fingerprint density at radius 2 is 1.91 bits per heavy atom. The van der Waals surface area contributed by atoms with Crippen LogP contribution < -0.4 is 15.0 Å². The van der Waals surface area contributed by atoms with E-state index in [9.17, 15) is 14.4 Å². The molecule has 0 spiro atoms. The highest BCUT2D eigenvalue weighted by Crippen LogP contribution is 2.40. The fraction of sp³-hybridized carbons (Fsp3) is 0.348. The molecule has 0 aromatic heterocycles. The van der Waals surface area contributed by atoms with Gasteiger partial charge in [-0.3, -0.25) is 14.4 Å². The number of methoxy groups -OCH3 is 1. The molecule has 32 heavy (non-hydrogen) atoms. The molecular weight excluding hydrogens is 450 g/mol. The Morgan fingerprint density at radius 1 is 1.16 bits per heavy atom. The Labute approximate surface area is 196 Å². The second-order valence-corrected chi connectivity index (χ2v) is 9.25. The standard InChI is InChI=1S/C23H24ClN3O4S/c1-31-18-10-9-15(24)13-16(18)25-20(28)14-27-17-7-3-4-8-19(17)32-21(23(27)30)22(29)26-11-5-2-6-12-26/h3-4,7-10,13,21H,2,5-6,11-12,14H2,1H3,(H,25,28)/t21-/m0/s1. The van der Waals surface area contributed by atoms with E-state index in [4.69, 9.17) is 16.3 Å². The number of carbonyl (C=O) groups excluding carboxylic acids is 3. The summed E-state index contributed by atoms with van der Waals surface area (Å²) in [6, 6.07) is 12.2. The van der Waals surface area contributed by atoms with Crippen molar-refractivity contribution in [3.8, 4) is 5.75 Å². The van der Waals surface area contributed by atoms with Gasteiger partial charge in [-0.1, -0.05) is 23.7 Å². The lowest BCUT2D eigenvalue weighted by Crippen LogP contribution is -2.52. The number of nitrogens with one attached hydrogen (secondary N) is 1. The van der Waals surface area contributed by atoms with Crippen LogP contribution in [0.4, 0.5) is 11.4 Å². The molecule has 2 aliphatic rings. The number of hydrogen-bond acceptors (Lipinski definition) is 5. The van der Waals surface area contributed by atoms with E-state index < -0.39 is 11.2 Å². The number of likely N-dealkylation sites (tertiary alicyclic amines) is 1. The van der Waals surface area contributed by atoms with Gasteiger partial charge in [0, 0.05) is 23.0 Å². The molecule has 168 valence electrons. The highest BCUT2D eigenvalue weighted by molar-refractivity contribution is 8.01. The predicted octanol–water partition coefficient (Wildman–Crippen LogP) is 3.81.